The first kappa shape index (κ1) is 29.1. The largest absolute Gasteiger partial charge is 0.480 e. The lowest BCUT2D eigenvalue weighted by Crippen LogP contribution is -2.67. The number of carbonyl (C=O) groups is 2. The smallest absolute Gasteiger partial charge is 0.317 e. The van der Waals surface area contributed by atoms with Crippen molar-refractivity contribution in [2.24, 2.45) is 56.7 Å². The molecule has 2 N–H and O–H groups in total. The Morgan fingerprint density at radius 1 is 0.872 bits per heavy atom. The molecule has 0 unspecified atom stereocenters. The van der Waals surface area contributed by atoms with Crippen LogP contribution < -0.4 is 5.32 Å². The second-order valence-electron chi connectivity index (χ2n) is 16.0. The first-order valence-electron chi connectivity index (χ1n) is 15.9. The van der Waals surface area contributed by atoms with Gasteiger partial charge in [-0.2, -0.15) is 0 Å². The van der Waals surface area contributed by atoms with Crippen molar-refractivity contribution in [3.8, 4) is 0 Å². The predicted molar refractivity (Wildman–Crippen MR) is 155 cm³/mol. The number of carboxylic acids is 1. The summed E-state index contributed by atoms with van der Waals surface area (Å²) in [6, 6.07) is 0. The molecule has 5 fully saturated rings. The zero-order valence-electron chi connectivity index (χ0n) is 25.8. The monoisotopic (exact) mass is 541 g/mol. The highest BCUT2D eigenvalue weighted by atomic mass is 16.5. The van der Waals surface area contributed by atoms with Gasteiger partial charge in [-0.05, 0) is 122 Å². The van der Waals surface area contributed by atoms with E-state index in [0.717, 1.165) is 19.4 Å². The van der Waals surface area contributed by atoms with E-state index in [1.165, 1.54) is 56.9 Å². The molecule has 5 rings (SSSR count). The Bertz CT molecular complexity index is 1020. The summed E-state index contributed by atoms with van der Waals surface area (Å²) < 4.78 is 5.92. The molecule has 10 atom stereocenters. The van der Waals surface area contributed by atoms with Crippen molar-refractivity contribution < 1.29 is 19.4 Å². The fourth-order valence-electron chi connectivity index (χ4n) is 12.4. The van der Waals surface area contributed by atoms with E-state index in [1.807, 2.05) is 0 Å². The van der Waals surface area contributed by atoms with E-state index in [2.05, 4.69) is 53.4 Å². The molecule has 0 aromatic carbocycles. The predicted octanol–water partition coefficient (Wildman–Crippen LogP) is 7.25. The number of fused-ring (bicyclic) bond motifs is 7. The van der Waals surface area contributed by atoms with Gasteiger partial charge in [0.25, 0.3) is 0 Å². The van der Waals surface area contributed by atoms with E-state index >= 15 is 0 Å². The van der Waals surface area contributed by atoms with Gasteiger partial charge in [0, 0.05) is 18.9 Å². The number of carbonyl (C=O) groups excluding carboxylic acids is 1. The number of carboxylic acid groups (broad SMARTS) is 1. The van der Waals surface area contributed by atoms with Crippen LogP contribution in [0, 0.1) is 56.7 Å². The van der Waals surface area contributed by atoms with Crippen LogP contribution in [0.15, 0.2) is 12.2 Å². The van der Waals surface area contributed by atoms with Crippen LogP contribution in [0.1, 0.15) is 113 Å². The number of ether oxygens (including phenoxy) is 1. The van der Waals surface area contributed by atoms with E-state index < -0.39 is 5.97 Å². The Hall–Kier alpha value is -1.36. The average molecular weight is 542 g/mol. The molecular formula is C34H55NO4. The molecule has 5 aliphatic rings. The van der Waals surface area contributed by atoms with Crippen LogP contribution in [0.3, 0.4) is 0 Å². The van der Waals surface area contributed by atoms with Gasteiger partial charge in [0.15, 0.2) is 0 Å². The lowest BCUT2D eigenvalue weighted by Gasteiger charge is -2.73. The molecule has 0 spiro atoms. The van der Waals surface area contributed by atoms with Gasteiger partial charge in [-0.3, -0.25) is 9.59 Å². The van der Waals surface area contributed by atoms with Crippen molar-refractivity contribution >= 4 is 11.9 Å². The van der Waals surface area contributed by atoms with Gasteiger partial charge >= 0.3 is 11.9 Å². The fourth-order valence-corrected chi connectivity index (χ4v) is 12.4. The SMILES string of the molecule is C=C(C)[C@@H]1CC[C@]2(CNCC(=O)O)CC[C@]3(C)[C@H](CC[C@@H]4[C@@]5(C)CC[C@H](OC(C)=O)C(C)(C)[C@@H]5CC[C@]43C)[C@@H]12. The fraction of sp³-hybridized carbons (Fsp3) is 0.882. The van der Waals surface area contributed by atoms with Crippen LogP contribution in [-0.4, -0.2) is 36.2 Å². The van der Waals surface area contributed by atoms with E-state index in [0.29, 0.717) is 29.6 Å². The number of hydrogen-bond acceptors (Lipinski definition) is 4. The van der Waals surface area contributed by atoms with Crippen molar-refractivity contribution in [3.63, 3.8) is 0 Å². The minimum atomic E-state index is -0.762. The molecule has 0 bridgehead atoms. The van der Waals surface area contributed by atoms with Crippen molar-refractivity contribution in [1.29, 1.82) is 0 Å². The Balaban J connectivity index is 1.47. The highest BCUT2D eigenvalue weighted by Crippen LogP contribution is 2.77. The molecule has 39 heavy (non-hydrogen) atoms. The van der Waals surface area contributed by atoms with Crippen molar-refractivity contribution in [3.05, 3.63) is 12.2 Å². The summed E-state index contributed by atoms with van der Waals surface area (Å²) in [6.07, 6.45) is 12.0. The molecule has 0 aromatic rings. The molecule has 5 heteroatoms. The van der Waals surface area contributed by atoms with Crippen LogP contribution in [0.5, 0.6) is 0 Å². The minimum absolute atomic E-state index is 0.00815. The molecule has 0 heterocycles. The van der Waals surface area contributed by atoms with Crippen molar-refractivity contribution in [2.75, 3.05) is 13.1 Å². The van der Waals surface area contributed by atoms with E-state index in [1.54, 1.807) is 6.92 Å². The molecule has 0 amide bonds. The molecule has 0 aromatic heterocycles. The van der Waals surface area contributed by atoms with Gasteiger partial charge in [0.05, 0.1) is 6.54 Å². The summed E-state index contributed by atoms with van der Waals surface area (Å²) in [6.45, 7) is 21.8. The topological polar surface area (TPSA) is 75.6 Å². The molecule has 0 radical (unpaired) electrons. The number of hydrogen-bond donors (Lipinski definition) is 2. The third-order valence-electron chi connectivity index (χ3n) is 14.2. The van der Waals surface area contributed by atoms with Crippen LogP contribution in [-0.2, 0) is 14.3 Å². The summed E-state index contributed by atoms with van der Waals surface area (Å²) in [5, 5.41) is 12.7. The quantitative estimate of drug-likeness (QED) is 0.274. The van der Waals surface area contributed by atoms with Crippen molar-refractivity contribution in [1.82, 2.24) is 5.32 Å². The van der Waals surface area contributed by atoms with Gasteiger partial charge in [-0.1, -0.05) is 46.8 Å². The lowest BCUT2D eigenvalue weighted by molar-refractivity contribution is -0.249. The summed E-state index contributed by atoms with van der Waals surface area (Å²) in [7, 11) is 0. The number of rotatable bonds is 6. The molecular weight excluding hydrogens is 486 g/mol. The Kier molecular flexibility index (Phi) is 7.17. The molecule has 220 valence electrons. The zero-order chi connectivity index (χ0) is 28.6. The zero-order valence-corrected chi connectivity index (χ0v) is 25.8. The summed E-state index contributed by atoms with van der Waals surface area (Å²) in [5.41, 5.74) is 2.34. The number of aliphatic carboxylic acids is 1. The van der Waals surface area contributed by atoms with Gasteiger partial charge in [0.2, 0.25) is 0 Å². The minimum Gasteiger partial charge on any atom is -0.480 e. The second-order valence-corrected chi connectivity index (χ2v) is 16.0. The van der Waals surface area contributed by atoms with Gasteiger partial charge < -0.3 is 15.2 Å². The number of nitrogens with one attached hydrogen (secondary N) is 1. The first-order chi connectivity index (χ1) is 18.1. The summed E-state index contributed by atoms with van der Waals surface area (Å²) >= 11 is 0. The summed E-state index contributed by atoms with van der Waals surface area (Å²) in [5.74, 6) is 2.15. The van der Waals surface area contributed by atoms with E-state index in [9.17, 15) is 14.7 Å². The standard InChI is InChI=1S/C34H55NO4/c1-21(2)23-11-16-34(20-35-19-28(37)38)18-17-32(7)24(29(23)34)9-10-26-31(6)14-13-27(39-22(3)36)30(4,5)25(31)12-15-33(26,32)8/h23-27,29,35H,1,9-20H2,2-8H3,(H,37,38)/t23-,24+,25-,26+,27-,29+,31-,32+,33+,34+/m0/s1. The first-order valence-corrected chi connectivity index (χ1v) is 15.9. The van der Waals surface area contributed by atoms with Crippen molar-refractivity contribution in [2.45, 2.75) is 119 Å². The molecule has 5 aliphatic carbocycles. The number of esters is 1. The maximum absolute atomic E-state index is 11.9. The number of allylic oxidation sites excluding steroid dienone is 1. The molecule has 0 saturated heterocycles. The van der Waals surface area contributed by atoms with Crippen LogP contribution in [0.25, 0.3) is 0 Å². The third kappa shape index (κ3) is 4.17. The van der Waals surface area contributed by atoms with E-state index in [4.69, 9.17) is 4.74 Å². The van der Waals surface area contributed by atoms with Crippen LogP contribution >= 0.6 is 0 Å². The highest BCUT2D eigenvalue weighted by Gasteiger charge is 2.71. The van der Waals surface area contributed by atoms with Gasteiger partial charge in [0.1, 0.15) is 6.10 Å². The Morgan fingerprint density at radius 2 is 1.59 bits per heavy atom. The van der Waals surface area contributed by atoms with E-state index in [-0.39, 0.29) is 45.7 Å². The molecule has 5 nitrogen and oxygen atoms in total. The Labute approximate surface area is 237 Å². The third-order valence-corrected chi connectivity index (χ3v) is 14.2. The normalized spacial score (nSPS) is 48.2. The molecule has 0 aliphatic heterocycles. The molecule has 5 saturated carbocycles. The summed E-state index contributed by atoms with van der Waals surface area (Å²) in [4.78, 5) is 23.3. The van der Waals surface area contributed by atoms with Crippen LogP contribution in [0.4, 0.5) is 0 Å². The Morgan fingerprint density at radius 3 is 2.23 bits per heavy atom. The van der Waals surface area contributed by atoms with Gasteiger partial charge in [-0.25, -0.2) is 0 Å². The maximum Gasteiger partial charge on any atom is 0.317 e. The average Bonchev–Trinajstić information content (AvgIpc) is 3.21. The lowest BCUT2D eigenvalue weighted by atomic mass is 9.32. The second kappa shape index (κ2) is 9.60. The van der Waals surface area contributed by atoms with Gasteiger partial charge in [-0.15, -0.1) is 0 Å². The van der Waals surface area contributed by atoms with Crippen LogP contribution in [0.2, 0.25) is 0 Å². The maximum atomic E-state index is 11.9. The highest BCUT2D eigenvalue weighted by molar-refractivity contribution is 5.69.